The molecular weight excluding hydrogens is 285 g/mol. The molecule has 0 spiro atoms. The van der Waals surface area contributed by atoms with Gasteiger partial charge in [-0.05, 0) is 12.8 Å². The van der Waals surface area contributed by atoms with Gasteiger partial charge in [0.15, 0.2) is 0 Å². The van der Waals surface area contributed by atoms with Crippen molar-refractivity contribution >= 4 is 34.8 Å². The molecule has 0 saturated carbocycles. The monoisotopic (exact) mass is 297 g/mol. The number of alkyl halides is 1. The van der Waals surface area contributed by atoms with Crippen LogP contribution in [-0.2, 0) is 0 Å². The van der Waals surface area contributed by atoms with Crippen LogP contribution in [0, 0.1) is 0 Å². The first kappa shape index (κ1) is 14.1. The zero-order valence-electron chi connectivity index (χ0n) is 10.2. The normalized spacial score (nSPS) is 14.6. The minimum Gasteiger partial charge on any atom is -0.381 e. The third-order valence-electron chi connectivity index (χ3n) is 2.92. The lowest BCUT2D eigenvalue weighted by molar-refractivity contribution is 0.0974. The van der Waals surface area contributed by atoms with Crippen LogP contribution in [0.4, 0.5) is 0 Å². The second-order valence-corrected chi connectivity index (χ2v) is 4.97. The number of hydrogen-bond acceptors (Lipinski definition) is 3. The molecule has 19 heavy (non-hydrogen) atoms. The highest BCUT2D eigenvalue weighted by Gasteiger charge is 2.30. The van der Waals surface area contributed by atoms with Gasteiger partial charge >= 0.3 is 0 Å². The van der Waals surface area contributed by atoms with Crippen molar-refractivity contribution in [2.75, 3.05) is 12.4 Å². The van der Waals surface area contributed by atoms with E-state index < -0.39 is 0 Å². The van der Waals surface area contributed by atoms with Crippen LogP contribution in [0.2, 0.25) is 0 Å². The Morgan fingerprint density at radius 3 is 2.26 bits per heavy atom. The topological polar surface area (TPSA) is 46.2 Å². The first-order valence-electron chi connectivity index (χ1n) is 6.05. The molecule has 0 amide bonds. The van der Waals surface area contributed by atoms with Gasteiger partial charge in [-0.25, -0.2) is 0 Å². The maximum absolute atomic E-state index is 12.3. The third kappa shape index (κ3) is 2.82. The summed E-state index contributed by atoms with van der Waals surface area (Å²) in [5.41, 5.74) is 0.959. The maximum atomic E-state index is 12.3. The maximum Gasteiger partial charge on any atom is 0.211 e. The summed E-state index contributed by atoms with van der Waals surface area (Å²) in [6, 6.07) is 6.70. The van der Waals surface area contributed by atoms with Gasteiger partial charge in [0.1, 0.15) is 10.7 Å². The van der Waals surface area contributed by atoms with E-state index in [1.54, 1.807) is 24.3 Å². The quantitative estimate of drug-likeness (QED) is 0.671. The summed E-state index contributed by atoms with van der Waals surface area (Å²) in [4.78, 5) is 24.3. The first-order chi connectivity index (χ1) is 9.16. The Balaban J connectivity index is 2.22. The molecule has 2 rings (SSSR count). The van der Waals surface area contributed by atoms with Crippen LogP contribution in [0.15, 0.2) is 35.0 Å². The number of allylic oxidation sites excluding steroid dienone is 2. The molecule has 3 nitrogen and oxygen atoms in total. The van der Waals surface area contributed by atoms with Crippen molar-refractivity contribution < 1.29 is 9.59 Å². The van der Waals surface area contributed by atoms with E-state index >= 15 is 0 Å². The fourth-order valence-electron chi connectivity index (χ4n) is 1.94. The van der Waals surface area contributed by atoms with Gasteiger partial charge in [0, 0.05) is 23.6 Å². The summed E-state index contributed by atoms with van der Waals surface area (Å²) >= 11 is 11.6. The number of Topliss-reactive ketones (excluding diaryl/α,β-unsaturated/α-hetero) is 2. The van der Waals surface area contributed by atoms with E-state index in [0.29, 0.717) is 23.6 Å². The second kappa shape index (κ2) is 6.22. The number of halogens is 2. The molecule has 1 aliphatic carbocycles. The van der Waals surface area contributed by atoms with Crippen molar-refractivity contribution in [3.63, 3.8) is 0 Å². The van der Waals surface area contributed by atoms with E-state index in [2.05, 4.69) is 5.32 Å². The summed E-state index contributed by atoms with van der Waals surface area (Å²) in [6.45, 7) is 0.569. The molecule has 0 fully saturated rings. The smallest absolute Gasteiger partial charge is 0.211 e. The van der Waals surface area contributed by atoms with Gasteiger partial charge in [-0.1, -0.05) is 35.9 Å². The molecule has 0 radical (unpaired) electrons. The van der Waals surface area contributed by atoms with Crippen LogP contribution in [0.1, 0.15) is 33.6 Å². The van der Waals surface area contributed by atoms with Crippen LogP contribution in [0.3, 0.4) is 0 Å². The van der Waals surface area contributed by atoms with Gasteiger partial charge in [0.05, 0.1) is 0 Å². The highest BCUT2D eigenvalue weighted by Crippen LogP contribution is 2.27. The average Bonchev–Trinajstić information content (AvgIpc) is 2.44. The van der Waals surface area contributed by atoms with Gasteiger partial charge in [0.25, 0.3) is 0 Å². The highest BCUT2D eigenvalue weighted by atomic mass is 35.5. The van der Waals surface area contributed by atoms with Crippen molar-refractivity contribution in [2.24, 2.45) is 0 Å². The number of nitrogens with one attached hydrogen (secondary N) is 1. The fraction of sp³-hybridized carbons (Fsp3) is 0.286. The van der Waals surface area contributed by atoms with Crippen LogP contribution in [0.5, 0.6) is 0 Å². The van der Waals surface area contributed by atoms with E-state index in [1.807, 2.05) is 0 Å². The van der Waals surface area contributed by atoms with E-state index in [-0.39, 0.29) is 22.3 Å². The summed E-state index contributed by atoms with van der Waals surface area (Å²) in [5.74, 6) is 0.0345. The standard InChI is InChI=1S/C14H13Cl2NO2/c15-7-3-4-8-17-12-11(16)13(18)9-5-1-2-6-10(9)14(12)19/h1-2,5-6,17H,3-4,7-8H2. The number of unbranched alkanes of at least 4 members (excludes halogenated alkanes) is 1. The summed E-state index contributed by atoms with van der Waals surface area (Å²) < 4.78 is 0. The number of rotatable bonds is 5. The number of ketones is 2. The van der Waals surface area contributed by atoms with Gasteiger partial charge in [-0.15, -0.1) is 11.6 Å². The van der Waals surface area contributed by atoms with Crippen molar-refractivity contribution in [2.45, 2.75) is 12.8 Å². The van der Waals surface area contributed by atoms with E-state index in [4.69, 9.17) is 23.2 Å². The Labute approximate surface area is 121 Å². The van der Waals surface area contributed by atoms with Gasteiger partial charge in [-0.2, -0.15) is 0 Å². The van der Waals surface area contributed by atoms with Gasteiger partial charge < -0.3 is 5.32 Å². The predicted molar refractivity (Wildman–Crippen MR) is 75.9 cm³/mol. The molecule has 1 aliphatic rings. The van der Waals surface area contributed by atoms with Crippen molar-refractivity contribution in [3.05, 3.63) is 46.1 Å². The molecule has 5 heteroatoms. The van der Waals surface area contributed by atoms with Crippen molar-refractivity contribution in [1.29, 1.82) is 0 Å². The molecule has 1 aromatic rings. The Bertz CT molecular complexity index is 552. The molecule has 1 aromatic carbocycles. The number of benzene rings is 1. The van der Waals surface area contributed by atoms with Gasteiger partial charge in [-0.3, -0.25) is 9.59 Å². The Morgan fingerprint density at radius 2 is 1.63 bits per heavy atom. The second-order valence-electron chi connectivity index (χ2n) is 4.22. The molecule has 0 saturated heterocycles. The number of carbonyl (C=O) groups excluding carboxylic acids is 2. The molecule has 0 aliphatic heterocycles. The average molecular weight is 298 g/mol. The highest BCUT2D eigenvalue weighted by molar-refractivity contribution is 6.49. The zero-order valence-corrected chi connectivity index (χ0v) is 11.7. The number of fused-ring (bicyclic) bond motifs is 1. The summed E-state index contributed by atoms with van der Waals surface area (Å²) in [7, 11) is 0. The molecule has 0 heterocycles. The minimum absolute atomic E-state index is 0.0328. The third-order valence-corrected chi connectivity index (χ3v) is 3.55. The lowest BCUT2D eigenvalue weighted by Crippen LogP contribution is -2.29. The Kier molecular flexibility index (Phi) is 4.61. The molecule has 100 valence electrons. The molecule has 0 aromatic heterocycles. The molecule has 1 N–H and O–H groups in total. The number of carbonyl (C=O) groups is 2. The van der Waals surface area contributed by atoms with E-state index in [1.165, 1.54) is 0 Å². The largest absolute Gasteiger partial charge is 0.381 e. The van der Waals surface area contributed by atoms with Crippen LogP contribution in [-0.4, -0.2) is 24.0 Å². The van der Waals surface area contributed by atoms with Crippen molar-refractivity contribution in [3.8, 4) is 0 Å². The lowest BCUT2D eigenvalue weighted by atomic mass is 9.92. The fourth-order valence-corrected chi connectivity index (χ4v) is 2.38. The molecule has 0 atom stereocenters. The molecular formula is C14H13Cl2NO2. The summed E-state index contributed by atoms with van der Waals surface area (Å²) in [6.07, 6.45) is 1.67. The molecule has 0 unspecified atom stereocenters. The predicted octanol–water partition coefficient (Wildman–Crippen LogP) is 3.12. The SMILES string of the molecule is O=C1C(Cl)=C(NCCCCCl)C(=O)c2ccccc21. The van der Waals surface area contributed by atoms with E-state index in [0.717, 1.165) is 12.8 Å². The van der Waals surface area contributed by atoms with Gasteiger partial charge in [0.2, 0.25) is 11.6 Å². The lowest BCUT2D eigenvalue weighted by Gasteiger charge is -2.18. The van der Waals surface area contributed by atoms with Crippen LogP contribution in [0.25, 0.3) is 0 Å². The van der Waals surface area contributed by atoms with Crippen LogP contribution >= 0.6 is 23.2 Å². The van der Waals surface area contributed by atoms with Crippen LogP contribution < -0.4 is 5.32 Å². The van der Waals surface area contributed by atoms with E-state index in [9.17, 15) is 9.59 Å². The summed E-state index contributed by atoms with van der Waals surface area (Å²) in [5, 5.41) is 2.91. The zero-order chi connectivity index (χ0) is 13.8. The Morgan fingerprint density at radius 1 is 1.00 bits per heavy atom. The first-order valence-corrected chi connectivity index (χ1v) is 6.96. The Hall–Kier alpha value is -1.32. The minimum atomic E-state index is -0.309. The molecule has 0 bridgehead atoms. The number of hydrogen-bond donors (Lipinski definition) is 1. The van der Waals surface area contributed by atoms with Crippen molar-refractivity contribution in [1.82, 2.24) is 5.32 Å².